The van der Waals surface area contributed by atoms with Gasteiger partial charge in [-0.3, -0.25) is 14.7 Å². The number of piperidine rings is 2. The van der Waals surface area contributed by atoms with E-state index < -0.39 is 48.2 Å². The van der Waals surface area contributed by atoms with Gasteiger partial charge < -0.3 is 10.2 Å². The van der Waals surface area contributed by atoms with Gasteiger partial charge in [0.25, 0.3) is 0 Å². The van der Waals surface area contributed by atoms with Crippen molar-refractivity contribution >= 4 is 22.5 Å². The molecule has 5 rings (SSSR count). The first-order valence-electron chi connectivity index (χ1n) is 11.6. The summed E-state index contributed by atoms with van der Waals surface area (Å²) in [6.07, 6.45) is -7.28. The van der Waals surface area contributed by atoms with Gasteiger partial charge in [-0.15, -0.1) is 0 Å². The van der Waals surface area contributed by atoms with E-state index in [9.17, 15) is 36.4 Å². The number of benzene rings is 1. The number of anilines is 1. The molecular weight excluding hydrogens is 488 g/mol. The number of carbonyl (C=O) groups is 1. The van der Waals surface area contributed by atoms with Crippen molar-refractivity contribution < 1.29 is 31.1 Å². The number of nitrogens with one attached hydrogen (secondary N) is 1. The molecule has 6 nitrogen and oxygen atoms in total. The molecule has 3 aliphatic rings. The number of halogens is 6. The molecule has 3 fully saturated rings. The number of fused-ring (bicyclic) bond motifs is 2. The summed E-state index contributed by atoms with van der Waals surface area (Å²) in [5.74, 6) is -0.701. The quantitative estimate of drug-likeness (QED) is 0.629. The average Bonchev–Trinajstić information content (AvgIpc) is 3.36. The maximum Gasteiger partial charge on any atom is 0.401 e. The summed E-state index contributed by atoms with van der Waals surface area (Å²) < 4.78 is 80.9. The van der Waals surface area contributed by atoms with E-state index in [1.54, 1.807) is 18.2 Å². The van der Waals surface area contributed by atoms with Crippen molar-refractivity contribution in [3.05, 3.63) is 36.0 Å². The Hall–Kier alpha value is -3.07. The Morgan fingerprint density at radius 2 is 1.86 bits per heavy atom. The second-order valence-electron chi connectivity index (χ2n) is 9.98. The van der Waals surface area contributed by atoms with Crippen molar-refractivity contribution in [1.82, 2.24) is 15.2 Å². The zero-order valence-corrected chi connectivity index (χ0v) is 19.1. The lowest BCUT2D eigenvalue weighted by atomic mass is 9.93. The van der Waals surface area contributed by atoms with Crippen LogP contribution in [-0.4, -0.2) is 66.9 Å². The number of aromatic nitrogens is 1. The Bertz CT molecular complexity index is 1230. The van der Waals surface area contributed by atoms with Crippen LogP contribution in [0.1, 0.15) is 24.8 Å². The summed E-state index contributed by atoms with van der Waals surface area (Å²) in [4.78, 5) is 20.3. The molecule has 12 heteroatoms. The summed E-state index contributed by atoms with van der Waals surface area (Å²) in [5, 5.41) is 12.6. The fourth-order valence-electron chi connectivity index (χ4n) is 5.93. The van der Waals surface area contributed by atoms with Crippen molar-refractivity contribution in [2.45, 2.75) is 37.7 Å². The molecule has 0 radical (unpaired) electrons. The molecule has 0 unspecified atom stereocenters. The van der Waals surface area contributed by atoms with Gasteiger partial charge in [0.1, 0.15) is 11.5 Å². The number of hydrogen-bond acceptors (Lipinski definition) is 5. The Kier molecular flexibility index (Phi) is 5.63. The highest BCUT2D eigenvalue weighted by Crippen LogP contribution is 2.75. The number of nitrogens with zero attached hydrogens (tertiary/aromatic N) is 4. The first-order valence-corrected chi connectivity index (χ1v) is 11.6. The third-order valence-electron chi connectivity index (χ3n) is 7.83. The number of nitriles is 1. The molecule has 0 spiro atoms. The highest BCUT2D eigenvalue weighted by Gasteiger charge is 2.86. The second-order valence-corrected chi connectivity index (χ2v) is 9.98. The zero-order valence-electron chi connectivity index (χ0n) is 19.1. The van der Waals surface area contributed by atoms with Crippen LogP contribution in [-0.2, 0) is 4.79 Å². The number of likely N-dealkylation sites (tertiary alicyclic amines) is 1. The van der Waals surface area contributed by atoms with E-state index >= 15 is 0 Å². The second kappa shape index (κ2) is 8.23. The molecular formula is C24H23F6N5O. The topological polar surface area (TPSA) is 72.3 Å². The number of carbonyl (C=O) groups excluding carboxylic acids is 1. The number of pyridine rings is 1. The van der Waals surface area contributed by atoms with Crippen molar-refractivity contribution in [3.63, 3.8) is 0 Å². The minimum absolute atomic E-state index is 0.109. The van der Waals surface area contributed by atoms with E-state index in [-0.39, 0.29) is 38.9 Å². The van der Waals surface area contributed by atoms with Gasteiger partial charge in [-0.05, 0) is 43.5 Å². The number of amides is 1. The molecule has 3 heterocycles. The van der Waals surface area contributed by atoms with Crippen LogP contribution in [0.2, 0.25) is 0 Å². The largest absolute Gasteiger partial charge is 0.401 e. The summed E-state index contributed by atoms with van der Waals surface area (Å²) in [6.45, 7) is -1.38. The van der Waals surface area contributed by atoms with E-state index in [1.165, 1.54) is 22.1 Å². The molecule has 1 aliphatic carbocycles. The normalized spacial score (nSPS) is 27.1. The summed E-state index contributed by atoms with van der Waals surface area (Å²) in [6, 6.07) is 7.97. The monoisotopic (exact) mass is 511 g/mol. The SMILES string of the molecule is N#Cc1ccc(N2C[C@@]3(C(=O)NC4CCN(CC(F)(F)F)CC4)C[C@@]3(C(F)(F)F)C2)c2cccnc12. The van der Waals surface area contributed by atoms with E-state index in [1.807, 2.05) is 6.07 Å². The Labute approximate surface area is 202 Å². The van der Waals surface area contributed by atoms with Gasteiger partial charge in [0, 0.05) is 49.5 Å². The van der Waals surface area contributed by atoms with Gasteiger partial charge in [-0.25, -0.2) is 0 Å². The van der Waals surface area contributed by atoms with Crippen LogP contribution in [0.5, 0.6) is 0 Å². The molecule has 2 aliphatic heterocycles. The standard InChI is InChI=1S/C24H23F6N5O/c25-23(26,27)14-34-8-5-16(6-9-34)33-20(36)21-11-22(21,24(28,29)30)13-35(12-21)18-4-3-15(10-31)19-17(18)2-1-7-32-19/h1-4,7,16H,5-6,8-9,11-14H2,(H,33,36)/t21-,22-/m1/s1. The molecule has 36 heavy (non-hydrogen) atoms. The summed E-state index contributed by atoms with van der Waals surface area (Å²) in [5.41, 5.74) is -2.72. The maximum atomic E-state index is 14.3. The molecule has 192 valence electrons. The fourth-order valence-corrected chi connectivity index (χ4v) is 5.93. The third kappa shape index (κ3) is 3.93. The first-order chi connectivity index (χ1) is 16.9. The zero-order chi connectivity index (χ0) is 25.9. The van der Waals surface area contributed by atoms with Crippen LogP contribution in [0.3, 0.4) is 0 Å². The van der Waals surface area contributed by atoms with Crippen molar-refractivity contribution in [3.8, 4) is 6.07 Å². The van der Waals surface area contributed by atoms with Gasteiger partial charge in [0.05, 0.1) is 23.0 Å². The lowest BCUT2D eigenvalue weighted by Crippen LogP contribution is -2.50. The van der Waals surface area contributed by atoms with Crippen LogP contribution < -0.4 is 10.2 Å². The molecule has 2 atom stereocenters. The summed E-state index contributed by atoms with van der Waals surface area (Å²) in [7, 11) is 0. The van der Waals surface area contributed by atoms with Gasteiger partial charge in [-0.2, -0.15) is 31.6 Å². The van der Waals surface area contributed by atoms with Crippen molar-refractivity contribution in [2.24, 2.45) is 10.8 Å². The Morgan fingerprint density at radius 1 is 1.14 bits per heavy atom. The van der Waals surface area contributed by atoms with Crippen molar-refractivity contribution in [2.75, 3.05) is 37.6 Å². The predicted molar refractivity (Wildman–Crippen MR) is 118 cm³/mol. The van der Waals surface area contributed by atoms with Gasteiger partial charge in [0.2, 0.25) is 5.91 Å². The first kappa shape index (κ1) is 24.6. The molecule has 1 amide bonds. The van der Waals surface area contributed by atoms with Crippen molar-refractivity contribution in [1.29, 1.82) is 5.26 Å². The van der Waals surface area contributed by atoms with Gasteiger partial charge in [-0.1, -0.05) is 0 Å². The molecule has 0 bridgehead atoms. The van der Waals surface area contributed by atoms with E-state index in [0.717, 1.165) is 0 Å². The molecule has 1 N–H and O–H groups in total. The molecule has 1 aromatic heterocycles. The Morgan fingerprint density at radius 3 is 2.50 bits per heavy atom. The van der Waals surface area contributed by atoms with Gasteiger partial charge in [0.15, 0.2) is 0 Å². The highest BCUT2D eigenvalue weighted by atomic mass is 19.4. The maximum absolute atomic E-state index is 14.3. The van der Waals surface area contributed by atoms with E-state index in [2.05, 4.69) is 10.3 Å². The number of hydrogen-bond donors (Lipinski definition) is 1. The molecule has 2 aromatic rings. The number of alkyl halides is 6. The third-order valence-corrected chi connectivity index (χ3v) is 7.83. The smallest absolute Gasteiger partial charge is 0.369 e. The molecule has 1 aromatic carbocycles. The minimum atomic E-state index is -4.62. The van der Waals surface area contributed by atoms with Crippen LogP contribution in [0.4, 0.5) is 32.0 Å². The molecule has 1 saturated carbocycles. The van der Waals surface area contributed by atoms with Gasteiger partial charge >= 0.3 is 12.4 Å². The van der Waals surface area contributed by atoms with Crippen LogP contribution in [0, 0.1) is 22.2 Å². The molecule has 2 saturated heterocycles. The lowest BCUT2D eigenvalue weighted by Gasteiger charge is -2.33. The average molecular weight is 511 g/mol. The Balaban J connectivity index is 1.36. The van der Waals surface area contributed by atoms with E-state index in [4.69, 9.17) is 0 Å². The number of rotatable bonds is 4. The highest BCUT2D eigenvalue weighted by molar-refractivity contribution is 5.97. The predicted octanol–water partition coefficient (Wildman–Crippen LogP) is 4.01. The summed E-state index contributed by atoms with van der Waals surface area (Å²) >= 11 is 0. The lowest BCUT2D eigenvalue weighted by molar-refractivity contribution is -0.191. The fraction of sp³-hybridized carbons (Fsp3) is 0.542. The van der Waals surface area contributed by atoms with Crippen LogP contribution in [0.25, 0.3) is 10.9 Å². The minimum Gasteiger partial charge on any atom is -0.369 e. The van der Waals surface area contributed by atoms with E-state index in [0.29, 0.717) is 22.2 Å². The van der Waals surface area contributed by atoms with Crippen LogP contribution in [0.15, 0.2) is 30.5 Å². The van der Waals surface area contributed by atoms with Crippen LogP contribution >= 0.6 is 0 Å².